The van der Waals surface area contributed by atoms with E-state index in [4.69, 9.17) is 20.2 Å². The summed E-state index contributed by atoms with van der Waals surface area (Å²) in [5.74, 6) is 3.10. The highest BCUT2D eigenvalue weighted by molar-refractivity contribution is 5.93. The van der Waals surface area contributed by atoms with Gasteiger partial charge >= 0.3 is 0 Å². The van der Waals surface area contributed by atoms with Gasteiger partial charge in [0.2, 0.25) is 5.79 Å². The third kappa shape index (κ3) is 2.69. The third-order valence-electron chi connectivity index (χ3n) is 12.5. The first-order chi connectivity index (χ1) is 15.2. The van der Waals surface area contributed by atoms with Crippen molar-refractivity contribution in [2.45, 2.75) is 110 Å². The summed E-state index contributed by atoms with van der Waals surface area (Å²) >= 11 is 0. The molecule has 1 saturated heterocycles. The number of nitrogens with two attached hydrogens (primary N) is 1. The molecule has 2 N–H and O–H groups in total. The van der Waals surface area contributed by atoms with Crippen LogP contribution in [-0.4, -0.2) is 37.3 Å². The molecular formula is C28H46N2O2. The summed E-state index contributed by atoms with van der Waals surface area (Å²) in [6.07, 6.45) is 13.0. The molecule has 2 aliphatic heterocycles. The van der Waals surface area contributed by atoms with Crippen LogP contribution in [0.5, 0.6) is 0 Å². The first-order valence-electron chi connectivity index (χ1n) is 13.7. The highest BCUT2D eigenvalue weighted by Crippen LogP contribution is 2.74. The summed E-state index contributed by atoms with van der Waals surface area (Å²) in [6, 6.07) is 0.438. The largest absolute Gasteiger partial charge is 0.348 e. The number of hydrogen-bond acceptors (Lipinski definition) is 4. The molecule has 4 nitrogen and oxygen atoms in total. The van der Waals surface area contributed by atoms with Crippen molar-refractivity contribution in [3.05, 3.63) is 0 Å². The highest BCUT2D eigenvalue weighted by Gasteiger charge is 2.70. The van der Waals surface area contributed by atoms with Gasteiger partial charge in [-0.05, 0) is 104 Å². The summed E-state index contributed by atoms with van der Waals surface area (Å²) in [6.45, 7) is 11.2. The van der Waals surface area contributed by atoms with Crippen molar-refractivity contribution in [3.8, 4) is 0 Å². The average Bonchev–Trinajstić information content (AvgIpc) is 2.98. The smallest absolute Gasteiger partial charge is 0.208 e. The molecule has 4 aliphatic carbocycles. The van der Waals surface area contributed by atoms with Gasteiger partial charge in [-0.15, -0.1) is 0 Å². The number of fused-ring (bicyclic) bond motifs is 8. The van der Waals surface area contributed by atoms with Crippen molar-refractivity contribution in [1.82, 2.24) is 0 Å². The normalized spacial score (nSPS) is 59.2. The molecule has 0 bridgehead atoms. The van der Waals surface area contributed by atoms with Crippen molar-refractivity contribution in [1.29, 1.82) is 0 Å². The molecule has 0 radical (unpaired) electrons. The highest BCUT2D eigenvalue weighted by atomic mass is 16.7. The Hall–Kier alpha value is -0.450. The lowest BCUT2D eigenvalue weighted by molar-refractivity contribution is -0.233. The molecule has 6 rings (SSSR count). The van der Waals surface area contributed by atoms with Gasteiger partial charge in [0, 0.05) is 26.1 Å². The van der Waals surface area contributed by atoms with Crippen molar-refractivity contribution in [3.63, 3.8) is 0 Å². The number of ether oxygens (including phenoxy) is 2. The van der Waals surface area contributed by atoms with Crippen molar-refractivity contribution in [2.75, 3.05) is 13.7 Å². The minimum atomic E-state index is -0.554. The van der Waals surface area contributed by atoms with Crippen LogP contribution in [0.15, 0.2) is 4.99 Å². The van der Waals surface area contributed by atoms with Gasteiger partial charge in [-0.1, -0.05) is 27.7 Å². The van der Waals surface area contributed by atoms with Crippen molar-refractivity contribution in [2.24, 2.45) is 56.6 Å². The molecule has 4 saturated carbocycles. The standard InChI is InChI=1S/C28H46N2O2/c1-17-14-28(31-5)24(30-16-17)13-22-23(32-28)15-27(4)21-7-6-18-12-19(29)8-10-25(18,2)20(21)9-11-26(22,27)3/h17-23H,6-16,29H2,1-5H3/t17-,18+,19+,20+,21-,22+,23-,25+,26-,27+,28+/m1/s1. The Balaban J connectivity index is 1.34. The van der Waals surface area contributed by atoms with Crippen LogP contribution in [0, 0.1) is 45.8 Å². The number of aliphatic imine (C=N–C) groups is 1. The summed E-state index contributed by atoms with van der Waals surface area (Å²) in [5.41, 5.74) is 8.85. The molecule has 5 fully saturated rings. The van der Waals surface area contributed by atoms with Crippen LogP contribution >= 0.6 is 0 Å². The van der Waals surface area contributed by atoms with E-state index in [9.17, 15) is 0 Å². The van der Waals surface area contributed by atoms with Gasteiger partial charge in [0.15, 0.2) is 0 Å². The van der Waals surface area contributed by atoms with E-state index in [2.05, 4.69) is 27.7 Å². The summed E-state index contributed by atoms with van der Waals surface area (Å²) in [4.78, 5) is 5.04. The molecule has 180 valence electrons. The van der Waals surface area contributed by atoms with E-state index in [0.29, 0.717) is 40.2 Å². The second-order valence-corrected chi connectivity index (χ2v) is 13.6. The second-order valence-electron chi connectivity index (χ2n) is 13.6. The van der Waals surface area contributed by atoms with E-state index in [1.807, 2.05) is 7.11 Å². The lowest BCUT2D eigenvalue weighted by Crippen LogP contribution is -2.59. The van der Waals surface area contributed by atoms with E-state index in [-0.39, 0.29) is 0 Å². The molecule has 0 spiro atoms. The third-order valence-corrected chi connectivity index (χ3v) is 12.5. The van der Waals surface area contributed by atoms with Crippen molar-refractivity contribution < 1.29 is 9.47 Å². The Morgan fingerprint density at radius 3 is 2.56 bits per heavy atom. The maximum atomic E-state index is 7.00. The molecule has 6 aliphatic rings. The van der Waals surface area contributed by atoms with Crippen LogP contribution in [-0.2, 0) is 9.47 Å². The van der Waals surface area contributed by atoms with Gasteiger partial charge < -0.3 is 15.2 Å². The van der Waals surface area contributed by atoms with E-state index in [1.54, 1.807) is 0 Å². The minimum absolute atomic E-state index is 0.318. The first-order valence-corrected chi connectivity index (χ1v) is 13.7. The van der Waals surface area contributed by atoms with Crippen molar-refractivity contribution >= 4 is 5.71 Å². The zero-order valence-electron chi connectivity index (χ0n) is 21.2. The Labute approximate surface area is 195 Å². The summed E-state index contributed by atoms with van der Waals surface area (Å²) in [5, 5.41) is 0. The lowest BCUT2D eigenvalue weighted by Gasteiger charge is -2.64. The molecule has 0 aromatic rings. The number of methoxy groups -OCH3 is 1. The topological polar surface area (TPSA) is 56.8 Å². The molecule has 2 heterocycles. The predicted octanol–water partition coefficient (Wildman–Crippen LogP) is 5.59. The molecule has 0 amide bonds. The molecule has 4 heteroatoms. The number of nitrogens with zero attached hydrogens (tertiary/aromatic N) is 1. The monoisotopic (exact) mass is 442 g/mol. The fraction of sp³-hybridized carbons (Fsp3) is 0.964. The van der Waals surface area contributed by atoms with Crippen LogP contribution in [0.25, 0.3) is 0 Å². The zero-order valence-corrected chi connectivity index (χ0v) is 21.2. The molecule has 0 unspecified atom stereocenters. The number of rotatable bonds is 1. The Morgan fingerprint density at radius 1 is 0.969 bits per heavy atom. The molecule has 0 aromatic heterocycles. The fourth-order valence-corrected chi connectivity index (χ4v) is 10.4. The second kappa shape index (κ2) is 7.04. The average molecular weight is 443 g/mol. The maximum Gasteiger partial charge on any atom is 0.208 e. The van der Waals surface area contributed by atoms with E-state index >= 15 is 0 Å². The minimum Gasteiger partial charge on any atom is -0.348 e. The van der Waals surface area contributed by atoms with Crippen LogP contribution in [0.3, 0.4) is 0 Å². The Bertz CT molecular complexity index is 813. The summed E-state index contributed by atoms with van der Waals surface area (Å²) in [7, 11) is 1.84. The van der Waals surface area contributed by atoms with Crippen LogP contribution in [0.4, 0.5) is 0 Å². The molecular weight excluding hydrogens is 396 g/mol. The van der Waals surface area contributed by atoms with Gasteiger partial charge in [0.25, 0.3) is 0 Å². The van der Waals surface area contributed by atoms with E-state index < -0.39 is 5.79 Å². The molecule has 11 atom stereocenters. The van der Waals surface area contributed by atoms with E-state index in [0.717, 1.165) is 37.1 Å². The SMILES string of the molecule is CO[C@]12C[C@@H](C)CN=C1C[C@H]1[C@@H](C[C@@]3(C)[C@@H]4CC[C@H]5C[C@@H](N)CC[C@]5(C)[C@H]4CC[C@]13C)O2. The Morgan fingerprint density at radius 2 is 1.78 bits per heavy atom. The van der Waals surface area contributed by atoms with Crippen LogP contribution < -0.4 is 5.73 Å². The van der Waals surface area contributed by atoms with Crippen LogP contribution in [0.1, 0.15) is 91.9 Å². The Kier molecular flexibility index (Phi) is 4.85. The van der Waals surface area contributed by atoms with Gasteiger partial charge in [0.05, 0.1) is 11.8 Å². The number of hydrogen-bond donors (Lipinski definition) is 1. The zero-order chi connectivity index (χ0) is 22.5. The van der Waals surface area contributed by atoms with Gasteiger partial charge in [-0.2, -0.15) is 0 Å². The summed E-state index contributed by atoms with van der Waals surface area (Å²) < 4.78 is 13.1. The molecule has 32 heavy (non-hydrogen) atoms. The maximum absolute atomic E-state index is 7.00. The van der Waals surface area contributed by atoms with Gasteiger partial charge in [-0.25, -0.2) is 0 Å². The molecule has 0 aromatic carbocycles. The predicted molar refractivity (Wildman–Crippen MR) is 129 cm³/mol. The lowest BCUT2D eigenvalue weighted by atomic mass is 9.40. The quantitative estimate of drug-likeness (QED) is 0.576. The van der Waals surface area contributed by atoms with Gasteiger partial charge in [0.1, 0.15) is 0 Å². The van der Waals surface area contributed by atoms with Gasteiger partial charge in [-0.3, -0.25) is 4.99 Å². The fourth-order valence-electron chi connectivity index (χ4n) is 10.4. The first kappa shape index (κ1) is 22.0. The van der Waals surface area contributed by atoms with Crippen LogP contribution in [0.2, 0.25) is 0 Å². The van der Waals surface area contributed by atoms with E-state index in [1.165, 1.54) is 57.1 Å².